The Morgan fingerprint density at radius 1 is 1.18 bits per heavy atom. The molecule has 4 aliphatic heterocycles. The van der Waals surface area contributed by atoms with Crippen molar-refractivity contribution in [2.75, 3.05) is 18.9 Å². The highest BCUT2D eigenvalue weighted by atomic mass is 32.2. The summed E-state index contributed by atoms with van der Waals surface area (Å²) in [6.07, 6.45) is 1.02. The number of hydrogen-bond acceptors (Lipinski definition) is 9. The predicted molar refractivity (Wildman–Crippen MR) is 128 cm³/mol. The quantitative estimate of drug-likeness (QED) is 0.289. The van der Waals surface area contributed by atoms with Crippen LogP contribution in [-0.2, 0) is 14.3 Å². The summed E-state index contributed by atoms with van der Waals surface area (Å²) in [6, 6.07) is -1.15. The Morgan fingerprint density at radius 2 is 1.97 bits per heavy atom. The van der Waals surface area contributed by atoms with Gasteiger partial charge in [0, 0.05) is 18.9 Å². The fourth-order valence-corrected chi connectivity index (χ4v) is 6.86. The normalized spacial score (nSPS) is 46.4. The van der Waals surface area contributed by atoms with Crippen molar-refractivity contribution in [2.24, 2.45) is 17.8 Å². The van der Waals surface area contributed by atoms with E-state index in [-0.39, 0.29) is 23.7 Å². The van der Waals surface area contributed by atoms with E-state index in [2.05, 4.69) is 24.5 Å². The van der Waals surface area contributed by atoms with E-state index in [0.29, 0.717) is 24.9 Å². The second-order valence-electron chi connectivity index (χ2n) is 10.6. The van der Waals surface area contributed by atoms with E-state index < -0.39 is 48.0 Å². The summed E-state index contributed by atoms with van der Waals surface area (Å²) in [5.74, 6) is 1.56. The molecular formula is C24H40N2O7S. The van der Waals surface area contributed by atoms with Crippen molar-refractivity contribution in [3.63, 3.8) is 0 Å². The van der Waals surface area contributed by atoms with Gasteiger partial charge in [0.25, 0.3) is 0 Å². The molecule has 4 heterocycles. The summed E-state index contributed by atoms with van der Waals surface area (Å²) < 4.78 is 12.1. The number of amides is 1. The van der Waals surface area contributed by atoms with Crippen LogP contribution in [-0.4, -0.2) is 99.4 Å². The molecule has 0 saturated carbocycles. The predicted octanol–water partition coefficient (Wildman–Crippen LogP) is -0.238. The van der Waals surface area contributed by atoms with Crippen LogP contribution in [0, 0.1) is 17.8 Å². The highest BCUT2D eigenvalue weighted by Gasteiger charge is 2.49. The van der Waals surface area contributed by atoms with Crippen molar-refractivity contribution < 1.29 is 34.7 Å². The number of thioether (sulfide) groups is 1. The van der Waals surface area contributed by atoms with Gasteiger partial charge in [0.05, 0.1) is 18.2 Å². The molecule has 2 bridgehead atoms. The largest absolute Gasteiger partial charge is 0.388 e. The average molecular weight is 501 g/mol. The first kappa shape index (κ1) is 26.3. The Morgan fingerprint density at radius 3 is 2.74 bits per heavy atom. The molecule has 194 valence electrons. The molecule has 0 radical (unpaired) electrons. The highest BCUT2D eigenvalue weighted by molar-refractivity contribution is 7.99. The molecule has 3 saturated heterocycles. The molecule has 0 aromatic carbocycles. The number of ether oxygens (including phenoxy) is 2. The van der Waals surface area contributed by atoms with Gasteiger partial charge in [-0.2, -0.15) is 0 Å². The number of fused-ring (bicyclic) bond motifs is 3. The van der Waals surface area contributed by atoms with Gasteiger partial charge < -0.3 is 40.5 Å². The van der Waals surface area contributed by atoms with Gasteiger partial charge in [-0.05, 0) is 43.4 Å². The van der Waals surface area contributed by atoms with Crippen LogP contribution in [0.3, 0.4) is 0 Å². The zero-order valence-electron chi connectivity index (χ0n) is 20.0. The molecule has 0 unspecified atom stereocenters. The fraction of sp³-hybridized carbons (Fsp3) is 0.875. The molecular weight excluding hydrogens is 460 g/mol. The summed E-state index contributed by atoms with van der Waals surface area (Å²) in [6.45, 7) is 5.83. The second-order valence-corrected chi connectivity index (χ2v) is 11.8. The summed E-state index contributed by atoms with van der Waals surface area (Å²) >= 11 is 1.17. The summed E-state index contributed by atoms with van der Waals surface area (Å²) in [5, 5.41) is 47.9. The number of carbonyl (C=O) groups is 1. The van der Waals surface area contributed by atoms with Crippen LogP contribution in [0.15, 0.2) is 12.2 Å². The van der Waals surface area contributed by atoms with E-state index in [4.69, 9.17) is 9.47 Å². The zero-order valence-corrected chi connectivity index (χ0v) is 20.8. The molecule has 0 aliphatic carbocycles. The summed E-state index contributed by atoms with van der Waals surface area (Å²) in [5.41, 5.74) is -0.819. The second kappa shape index (κ2) is 11.6. The lowest BCUT2D eigenvalue weighted by Gasteiger charge is -2.44. The molecule has 4 aliphatic rings. The molecule has 34 heavy (non-hydrogen) atoms. The topological polar surface area (TPSA) is 141 Å². The maximum absolute atomic E-state index is 13.4. The Labute approximate surface area is 205 Å². The smallest absolute Gasteiger partial charge is 0.240 e. The van der Waals surface area contributed by atoms with Crippen LogP contribution in [0.25, 0.3) is 0 Å². The van der Waals surface area contributed by atoms with E-state index in [0.717, 1.165) is 25.8 Å². The molecule has 0 aromatic rings. The van der Waals surface area contributed by atoms with Gasteiger partial charge in [-0.15, -0.1) is 11.8 Å². The summed E-state index contributed by atoms with van der Waals surface area (Å²) in [7, 11) is 0. The third-order valence-corrected chi connectivity index (χ3v) is 8.72. The van der Waals surface area contributed by atoms with Gasteiger partial charge in [-0.1, -0.05) is 26.0 Å². The maximum atomic E-state index is 13.4. The maximum Gasteiger partial charge on any atom is 0.240 e. The molecule has 3 fully saturated rings. The Kier molecular flexibility index (Phi) is 8.95. The van der Waals surface area contributed by atoms with Gasteiger partial charge in [0.2, 0.25) is 5.91 Å². The monoisotopic (exact) mass is 500 g/mol. The number of rotatable bonds is 4. The van der Waals surface area contributed by atoms with Gasteiger partial charge >= 0.3 is 0 Å². The number of aliphatic hydroxyl groups excluding tert-OH is 4. The third-order valence-electron chi connectivity index (χ3n) is 7.46. The number of nitrogens with one attached hydrogen (secondary N) is 2. The van der Waals surface area contributed by atoms with Crippen molar-refractivity contribution in [1.82, 2.24) is 10.6 Å². The van der Waals surface area contributed by atoms with Crippen molar-refractivity contribution >= 4 is 17.7 Å². The molecule has 0 spiro atoms. The van der Waals surface area contributed by atoms with Crippen molar-refractivity contribution in [3.05, 3.63) is 12.2 Å². The zero-order chi connectivity index (χ0) is 24.4. The first-order chi connectivity index (χ1) is 16.2. The van der Waals surface area contributed by atoms with Crippen LogP contribution in [0.2, 0.25) is 0 Å². The lowest BCUT2D eigenvalue weighted by atomic mass is 9.85. The van der Waals surface area contributed by atoms with Crippen LogP contribution in [0.4, 0.5) is 0 Å². The standard InChI is InChI=1S/C24H40N2O7S/c1-12(2)8-13-6-7-32-21-14(9-13)10-25-17(21)23(31)26-16-5-3-4-15(27)11-34-24-20(30)18(28)19(29)22(16)33-24/h3-4,12-22,24-25,27-30H,5-11H2,1-2H3,(H,26,31)/b4-3+/t13-,14-,15-,16+,17-,18-,19+,20+,21+,22+,24+/m0/s1. The molecule has 1 amide bonds. The number of aliphatic hydroxyl groups is 4. The van der Waals surface area contributed by atoms with Crippen molar-refractivity contribution in [2.45, 2.75) is 93.7 Å². The first-order valence-corrected chi connectivity index (χ1v) is 13.6. The minimum Gasteiger partial charge on any atom is -0.388 e. The first-order valence-electron chi connectivity index (χ1n) is 12.6. The van der Waals surface area contributed by atoms with E-state index >= 15 is 0 Å². The molecule has 11 atom stereocenters. The van der Waals surface area contributed by atoms with Gasteiger partial charge in [0.1, 0.15) is 35.9 Å². The Hall–Kier alpha value is -0.720. The lowest BCUT2D eigenvalue weighted by Crippen LogP contribution is -2.64. The van der Waals surface area contributed by atoms with E-state index in [1.165, 1.54) is 11.8 Å². The van der Waals surface area contributed by atoms with E-state index in [9.17, 15) is 25.2 Å². The molecule has 9 nitrogen and oxygen atoms in total. The van der Waals surface area contributed by atoms with Crippen molar-refractivity contribution in [3.8, 4) is 0 Å². The van der Waals surface area contributed by atoms with Crippen LogP contribution in [0.1, 0.15) is 39.5 Å². The molecule has 0 aromatic heterocycles. The Balaban J connectivity index is 1.46. The van der Waals surface area contributed by atoms with E-state index in [1.54, 1.807) is 12.2 Å². The lowest BCUT2D eigenvalue weighted by molar-refractivity contribution is -0.205. The van der Waals surface area contributed by atoms with Gasteiger partial charge in [-0.3, -0.25) is 4.79 Å². The van der Waals surface area contributed by atoms with E-state index in [1.807, 2.05) is 0 Å². The molecule has 10 heteroatoms. The van der Waals surface area contributed by atoms with Crippen LogP contribution >= 0.6 is 11.8 Å². The van der Waals surface area contributed by atoms with Crippen LogP contribution < -0.4 is 10.6 Å². The Bertz CT molecular complexity index is 725. The molecule has 6 N–H and O–H groups in total. The van der Waals surface area contributed by atoms with Crippen molar-refractivity contribution in [1.29, 1.82) is 0 Å². The van der Waals surface area contributed by atoms with Gasteiger partial charge in [-0.25, -0.2) is 0 Å². The van der Waals surface area contributed by atoms with Gasteiger partial charge in [0.15, 0.2) is 0 Å². The minimum atomic E-state index is -1.41. The third kappa shape index (κ3) is 5.98. The minimum absolute atomic E-state index is 0.207. The fourth-order valence-electron chi connectivity index (χ4n) is 5.79. The number of hydrogen-bond donors (Lipinski definition) is 6. The summed E-state index contributed by atoms with van der Waals surface area (Å²) in [4.78, 5) is 13.4. The highest BCUT2D eigenvalue weighted by Crippen LogP contribution is 2.35. The molecule has 4 rings (SSSR count). The average Bonchev–Trinajstić information content (AvgIpc) is 3.07. The SMILES string of the molecule is CC(C)C[C@@H]1CCO[C@@H]2[C@H](CN[C@@H]2C(=O)N[C@@H]2C/C=C/[C@H](O)CS[C@H]3O[C@H]2[C@H](O)[C@H](O)[C@H]3O)C1. The van der Waals surface area contributed by atoms with Crippen LogP contribution in [0.5, 0.6) is 0 Å². The number of carbonyl (C=O) groups excluding carboxylic acids is 1.